The highest BCUT2D eigenvalue weighted by atomic mass is 16.5. The molecule has 2 N–H and O–H groups in total. The molecule has 0 bridgehead atoms. The van der Waals surface area contributed by atoms with Crippen LogP contribution in [0.4, 0.5) is 0 Å². The molecule has 0 fully saturated rings. The normalized spacial score (nSPS) is 14.3. The van der Waals surface area contributed by atoms with E-state index in [-0.39, 0.29) is 12.6 Å². The summed E-state index contributed by atoms with van der Waals surface area (Å²) in [5.74, 6) is 0. The van der Waals surface area contributed by atoms with Crippen molar-refractivity contribution in [1.82, 2.24) is 5.32 Å². The zero-order valence-corrected chi connectivity index (χ0v) is 12.1. The Balaban J connectivity index is 2.67. The molecule has 0 aliphatic rings. The average Bonchev–Trinajstić information content (AvgIpc) is 2.44. The van der Waals surface area contributed by atoms with E-state index in [1.54, 1.807) is 7.11 Å². The van der Waals surface area contributed by atoms with Gasteiger partial charge in [0.25, 0.3) is 0 Å². The summed E-state index contributed by atoms with van der Waals surface area (Å²) in [6.45, 7) is 3.04. The van der Waals surface area contributed by atoms with Crippen molar-refractivity contribution in [3.63, 3.8) is 0 Å². The standard InChI is InChI=1S/C16H27NO2/c1-3-4-10-16(14-8-6-5-7-9-14)17-15(11-12-18)13-19-2/h5-9,15-18H,3-4,10-13H2,1-2H3. The van der Waals surface area contributed by atoms with E-state index in [4.69, 9.17) is 9.84 Å². The van der Waals surface area contributed by atoms with E-state index in [0.29, 0.717) is 12.6 Å². The van der Waals surface area contributed by atoms with E-state index in [2.05, 4.69) is 36.5 Å². The lowest BCUT2D eigenvalue weighted by molar-refractivity contribution is 0.141. The van der Waals surface area contributed by atoms with Gasteiger partial charge in [-0.2, -0.15) is 0 Å². The van der Waals surface area contributed by atoms with E-state index in [1.807, 2.05) is 6.07 Å². The first kappa shape index (κ1) is 16.2. The van der Waals surface area contributed by atoms with Crippen molar-refractivity contribution in [3.8, 4) is 0 Å². The molecule has 0 saturated carbocycles. The Morgan fingerprint density at radius 1 is 1.21 bits per heavy atom. The molecular formula is C16H27NO2. The summed E-state index contributed by atoms with van der Waals surface area (Å²) in [4.78, 5) is 0. The van der Waals surface area contributed by atoms with Crippen LogP contribution in [0.5, 0.6) is 0 Å². The van der Waals surface area contributed by atoms with Crippen molar-refractivity contribution in [2.24, 2.45) is 0 Å². The molecule has 0 spiro atoms. The molecule has 3 heteroatoms. The molecule has 0 aromatic heterocycles. The number of methoxy groups -OCH3 is 1. The summed E-state index contributed by atoms with van der Waals surface area (Å²) in [5.41, 5.74) is 1.31. The van der Waals surface area contributed by atoms with Crippen LogP contribution in [0.15, 0.2) is 30.3 Å². The zero-order chi connectivity index (χ0) is 13.9. The van der Waals surface area contributed by atoms with Gasteiger partial charge in [0.15, 0.2) is 0 Å². The Bertz CT molecular complexity index is 310. The van der Waals surface area contributed by atoms with E-state index in [0.717, 1.165) is 12.8 Å². The fourth-order valence-corrected chi connectivity index (χ4v) is 2.30. The molecule has 2 atom stereocenters. The largest absolute Gasteiger partial charge is 0.396 e. The molecule has 1 aromatic rings. The van der Waals surface area contributed by atoms with Gasteiger partial charge in [-0.3, -0.25) is 0 Å². The molecule has 19 heavy (non-hydrogen) atoms. The maximum atomic E-state index is 9.13. The molecule has 0 aliphatic heterocycles. The fraction of sp³-hybridized carbons (Fsp3) is 0.625. The van der Waals surface area contributed by atoms with Crippen molar-refractivity contribution in [2.75, 3.05) is 20.3 Å². The number of hydrogen-bond donors (Lipinski definition) is 2. The van der Waals surface area contributed by atoms with Gasteiger partial charge in [-0.15, -0.1) is 0 Å². The summed E-state index contributed by atoms with van der Waals surface area (Å²) in [7, 11) is 1.70. The van der Waals surface area contributed by atoms with Crippen molar-refractivity contribution in [3.05, 3.63) is 35.9 Å². The molecule has 0 heterocycles. The third kappa shape index (κ3) is 6.19. The van der Waals surface area contributed by atoms with Crippen molar-refractivity contribution in [1.29, 1.82) is 0 Å². The third-order valence-corrected chi connectivity index (χ3v) is 3.33. The Morgan fingerprint density at radius 2 is 1.95 bits per heavy atom. The van der Waals surface area contributed by atoms with E-state index < -0.39 is 0 Å². The fourth-order valence-electron chi connectivity index (χ4n) is 2.30. The molecule has 3 nitrogen and oxygen atoms in total. The summed E-state index contributed by atoms with van der Waals surface area (Å²) in [5, 5.41) is 12.7. The van der Waals surface area contributed by atoms with Crippen LogP contribution in [-0.2, 0) is 4.74 Å². The molecule has 1 aromatic carbocycles. The van der Waals surface area contributed by atoms with Crippen LogP contribution in [0.3, 0.4) is 0 Å². The minimum absolute atomic E-state index is 0.191. The van der Waals surface area contributed by atoms with Crippen LogP contribution >= 0.6 is 0 Å². The molecule has 2 unspecified atom stereocenters. The van der Waals surface area contributed by atoms with Gasteiger partial charge in [0.2, 0.25) is 0 Å². The molecule has 0 aliphatic carbocycles. The molecule has 0 saturated heterocycles. The molecule has 0 radical (unpaired) electrons. The monoisotopic (exact) mass is 265 g/mol. The lowest BCUT2D eigenvalue weighted by Crippen LogP contribution is -2.37. The van der Waals surface area contributed by atoms with E-state index in [1.165, 1.54) is 18.4 Å². The maximum absolute atomic E-state index is 9.13. The molecule has 0 amide bonds. The first-order chi connectivity index (χ1) is 9.31. The second-order valence-electron chi connectivity index (χ2n) is 4.94. The number of unbranched alkanes of at least 4 members (excludes halogenated alkanes) is 1. The van der Waals surface area contributed by atoms with Crippen molar-refractivity contribution >= 4 is 0 Å². The smallest absolute Gasteiger partial charge is 0.0616 e. The highest BCUT2D eigenvalue weighted by Gasteiger charge is 2.16. The van der Waals surface area contributed by atoms with Gasteiger partial charge in [0, 0.05) is 25.8 Å². The molecular weight excluding hydrogens is 238 g/mol. The first-order valence-electron chi connectivity index (χ1n) is 7.22. The maximum Gasteiger partial charge on any atom is 0.0616 e. The quantitative estimate of drug-likeness (QED) is 0.683. The van der Waals surface area contributed by atoms with E-state index >= 15 is 0 Å². The number of benzene rings is 1. The summed E-state index contributed by atoms with van der Waals surface area (Å²) in [6, 6.07) is 11.1. The van der Waals surface area contributed by atoms with Gasteiger partial charge in [-0.25, -0.2) is 0 Å². The Hall–Kier alpha value is -0.900. The van der Waals surface area contributed by atoms with Gasteiger partial charge in [-0.05, 0) is 18.4 Å². The highest BCUT2D eigenvalue weighted by molar-refractivity contribution is 5.19. The van der Waals surface area contributed by atoms with Crippen molar-refractivity contribution in [2.45, 2.75) is 44.7 Å². The summed E-state index contributed by atoms with van der Waals surface area (Å²) >= 11 is 0. The number of nitrogens with one attached hydrogen (secondary N) is 1. The van der Waals surface area contributed by atoms with Crippen LogP contribution in [0.25, 0.3) is 0 Å². The van der Waals surface area contributed by atoms with Gasteiger partial charge in [0.1, 0.15) is 0 Å². The van der Waals surface area contributed by atoms with Crippen LogP contribution in [-0.4, -0.2) is 31.5 Å². The predicted molar refractivity (Wildman–Crippen MR) is 79.2 cm³/mol. The Morgan fingerprint density at radius 3 is 2.53 bits per heavy atom. The number of hydrogen-bond acceptors (Lipinski definition) is 3. The van der Waals surface area contributed by atoms with Gasteiger partial charge < -0.3 is 15.2 Å². The topological polar surface area (TPSA) is 41.5 Å². The second kappa shape index (κ2) is 9.96. The molecule has 1 rings (SSSR count). The highest BCUT2D eigenvalue weighted by Crippen LogP contribution is 2.20. The SMILES string of the molecule is CCCCC(NC(CCO)COC)c1ccccc1. The minimum Gasteiger partial charge on any atom is -0.396 e. The summed E-state index contributed by atoms with van der Waals surface area (Å²) in [6.07, 6.45) is 4.24. The van der Waals surface area contributed by atoms with E-state index in [9.17, 15) is 0 Å². The lowest BCUT2D eigenvalue weighted by Gasteiger charge is -2.25. The van der Waals surface area contributed by atoms with Gasteiger partial charge >= 0.3 is 0 Å². The van der Waals surface area contributed by atoms with Crippen LogP contribution in [0.2, 0.25) is 0 Å². The zero-order valence-electron chi connectivity index (χ0n) is 12.1. The van der Waals surface area contributed by atoms with Crippen LogP contribution in [0, 0.1) is 0 Å². The first-order valence-corrected chi connectivity index (χ1v) is 7.22. The van der Waals surface area contributed by atoms with Crippen molar-refractivity contribution < 1.29 is 9.84 Å². The van der Waals surface area contributed by atoms with Gasteiger partial charge in [0.05, 0.1) is 6.61 Å². The average molecular weight is 265 g/mol. The predicted octanol–water partition coefficient (Wildman–Crippen LogP) is 2.90. The number of rotatable bonds is 10. The number of ether oxygens (including phenoxy) is 1. The van der Waals surface area contributed by atoms with Gasteiger partial charge in [-0.1, -0.05) is 50.1 Å². The van der Waals surface area contributed by atoms with Crippen LogP contribution in [0.1, 0.15) is 44.2 Å². The minimum atomic E-state index is 0.191. The number of aliphatic hydroxyl groups excluding tert-OH is 1. The Kier molecular flexibility index (Phi) is 8.47. The molecule has 108 valence electrons. The lowest BCUT2D eigenvalue weighted by atomic mass is 9.99. The third-order valence-electron chi connectivity index (χ3n) is 3.33. The van der Waals surface area contributed by atoms with Crippen LogP contribution < -0.4 is 5.32 Å². The second-order valence-corrected chi connectivity index (χ2v) is 4.94. The number of aliphatic hydroxyl groups is 1. The summed E-state index contributed by atoms with van der Waals surface area (Å²) < 4.78 is 5.22. The Labute approximate surface area is 117 Å².